The number of carbonyl (C=O) groups is 1. The highest BCUT2D eigenvalue weighted by Gasteiger charge is 2.30. The maximum absolute atomic E-state index is 11.8. The van der Waals surface area contributed by atoms with Gasteiger partial charge in [0.1, 0.15) is 11.6 Å². The van der Waals surface area contributed by atoms with Crippen LogP contribution in [0.5, 0.6) is 5.88 Å². The van der Waals surface area contributed by atoms with Gasteiger partial charge in [-0.1, -0.05) is 11.6 Å². The van der Waals surface area contributed by atoms with Crippen molar-refractivity contribution in [2.24, 2.45) is 5.92 Å². The van der Waals surface area contributed by atoms with Crippen LogP contribution in [0.3, 0.4) is 0 Å². The molecule has 5 nitrogen and oxygen atoms in total. The van der Waals surface area contributed by atoms with Crippen molar-refractivity contribution in [2.45, 2.75) is 25.4 Å². The highest BCUT2D eigenvalue weighted by Crippen LogP contribution is 2.25. The van der Waals surface area contributed by atoms with Crippen molar-refractivity contribution in [1.29, 1.82) is 0 Å². The minimum absolute atomic E-state index is 0.110. The Balaban J connectivity index is 1.69. The second-order valence-corrected chi connectivity index (χ2v) is 4.94. The molecule has 19 heavy (non-hydrogen) atoms. The van der Waals surface area contributed by atoms with Crippen LogP contribution in [-0.2, 0) is 4.79 Å². The van der Waals surface area contributed by atoms with E-state index in [4.69, 9.17) is 16.3 Å². The van der Waals surface area contributed by atoms with Gasteiger partial charge in [-0.3, -0.25) is 4.79 Å². The van der Waals surface area contributed by atoms with Crippen molar-refractivity contribution in [3.63, 3.8) is 0 Å². The molecule has 0 saturated heterocycles. The largest absolute Gasteiger partial charge is 0.475 e. The number of ether oxygens (including phenoxy) is 1. The molecule has 1 aliphatic carbocycles. The first-order valence-corrected chi connectivity index (χ1v) is 6.75. The lowest BCUT2D eigenvalue weighted by atomic mass is 10.1. The van der Waals surface area contributed by atoms with Crippen molar-refractivity contribution in [1.82, 2.24) is 10.3 Å². The van der Waals surface area contributed by atoms with E-state index < -0.39 is 6.10 Å². The van der Waals surface area contributed by atoms with Gasteiger partial charge in [0.2, 0.25) is 11.8 Å². The Hall–Kier alpha value is -1.33. The Morgan fingerprint density at radius 1 is 1.58 bits per heavy atom. The summed E-state index contributed by atoms with van der Waals surface area (Å²) in [5.41, 5.74) is 0. The molecule has 1 aliphatic rings. The zero-order chi connectivity index (χ0) is 13.7. The molecule has 1 saturated carbocycles. The summed E-state index contributed by atoms with van der Waals surface area (Å²) in [4.78, 5) is 15.7. The highest BCUT2D eigenvalue weighted by molar-refractivity contribution is 6.31. The van der Waals surface area contributed by atoms with Crippen molar-refractivity contribution >= 4 is 17.5 Å². The van der Waals surface area contributed by atoms with E-state index in [1.165, 1.54) is 0 Å². The lowest BCUT2D eigenvalue weighted by Crippen LogP contribution is -2.36. The number of aliphatic hydroxyl groups is 1. The summed E-state index contributed by atoms with van der Waals surface area (Å²) in [6.45, 7) is 0.667. The number of hydrogen-bond acceptors (Lipinski definition) is 4. The molecular weight excluding hydrogens is 268 g/mol. The topological polar surface area (TPSA) is 71.5 Å². The van der Waals surface area contributed by atoms with Crippen LogP contribution in [0.2, 0.25) is 5.02 Å². The number of nitrogens with one attached hydrogen (secondary N) is 1. The van der Waals surface area contributed by atoms with Crippen molar-refractivity contribution in [3.8, 4) is 5.88 Å². The molecule has 0 radical (unpaired) electrons. The SMILES string of the molecule is O=C(NCCOc1ncccc1Cl)C1CCCC1O. The van der Waals surface area contributed by atoms with Crippen LogP contribution >= 0.6 is 11.6 Å². The zero-order valence-electron chi connectivity index (χ0n) is 10.5. The average molecular weight is 285 g/mol. The molecule has 6 heteroatoms. The number of carbonyl (C=O) groups excluding carboxylic acids is 1. The van der Waals surface area contributed by atoms with Gasteiger partial charge in [-0.25, -0.2) is 4.98 Å². The first-order chi connectivity index (χ1) is 9.18. The molecule has 0 spiro atoms. The number of rotatable bonds is 5. The maximum atomic E-state index is 11.8. The first kappa shape index (κ1) is 14.1. The average Bonchev–Trinajstić information content (AvgIpc) is 2.82. The fraction of sp³-hybridized carbons (Fsp3) is 0.538. The van der Waals surface area contributed by atoms with E-state index in [0.717, 1.165) is 12.8 Å². The number of aromatic nitrogens is 1. The zero-order valence-corrected chi connectivity index (χ0v) is 11.3. The number of aliphatic hydroxyl groups excluding tert-OH is 1. The lowest BCUT2D eigenvalue weighted by molar-refractivity contribution is -0.127. The molecule has 0 aromatic carbocycles. The molecule has 0 bridgehead atoms. The third kappa shape index (κ3) is 3.81. The molecule has 2 atom stereocenters. The van der Waals surface area contributed by atoms with E-state index >= 15 is 0 Å². The molecule has 1 amide bonds. The number of nitrogens with zero attached hydrogens (tertiary/aromatic N) is 1. The van der Waals surface area contributed by atoms with E-state index in [0.29, 0.717) is 30.5 Å². The summed E-state index contributed by atoms with van der Waals surface area (Å²) < 4.78 is 5.36. The molecule has 2 rings (SSSR count). The Bertz CT molecular complexity index is 442. The Kier molecular flexibility index (Phi) is 4.99. The molecule has 0 aliphatic heterocycles. The van der Waals surface area contributed by atoms with Crippen LogP contribution in [0.4, 0.5) is 0 Å². The van der Waals surface area contributed by atoms with Crippen molar-refractivity contribution in [2.75, 3.05) is 13.2 Å². The predicted molar refractivity (Wildman–Crippen MR) is 71.1 cm³/mol. The summed E-state index contributed by atoms with van der Waals surface area (Å²) in [6.07, 6.45) is 3.44. The van der Waals surface area contributed by atoms with E-state index in [1.807, 2.05) is 0 Å². The predicted octanol–water partition coefficient (Wildman–Crippen LogP) is 1.39. The molecule has 1 aromatic rings. The summed E-state index contributed by atoms with van der Waals surface area (Å²) in [6, 6.07) is 3.41. The Morgan fingerprint density at radius 3 is 3.11 bits per heavy atom. The van der Waals surface area contributed by atoms with Crippen LogP contribution < -0.4 is 10.1 Å². The lowest BCUT2D eigenvalue weighted by Gasteiger charge is -2.14. The smallest absolute Gasteiger partial charge is 0.232 e. The monoisotopic (exact) mass is 284 g/mol. The van der Waals surface area contributed by atoms with Crippen LogP contribution in [0, 0.1) is 5.92 Å². The number of amides is 1. The third-order valence-electron chi connectivity index (χ3n) is 3.18. The van der Waals surface area contributed by atoms with Crippen LogP contribution in [0.25, 0.3) is 0 Å². The van der Waals surface area contributed by atoms with E-state index in [9.17, 15) is 9.90 Å². The summed E-state index contributed by atoms with van der Waals surface area (Å²) in [7, 11) is 0. The van der Waals surface area contributed by atoms with Gasteiger partial charge in [0.15, 0.2) is 0 Å². The van der Waals surface area contributed by atoms with E-state index in [1.54, 1.807) is 18.3 Å². The Morgan fingerprint density at radius 2 is 2.42 bits per heavy atom. The summed E-state index contributed by atoms with van der Waals surface area (Å²) in [5, 5.41) is 12.8. The molecule has 2 unspecified atom stereocenters. The van der Waals surface area contributed by atoms with Gasteiger partial charge in [-0.05, 0) is 31.4 Å². The van der Waals surface area contributed by atoms with Crippen molar-refractivity contribution < 1.29 is 14.6 Å². The molecule has 2 N–H and O–H groups in total. The van der Waals surface area contributed by atoms with Gasteiger partial charge in [0.25, 0.3) is 0 Å². The normalized spacial score (nSPS) is 22.2. The maximum Gasteiger partial charge on any atom is 0.232 e. The first-order valence-electron chi connectivity index (χ1n) is 6.37. The van der Waals surface area contributed by atoms with E-state index in [-0.39, 0.29) is 11.8 Å². The second-order valence-electron chi connectivity index (χ2n) is 4.53. The summed E-state index contributed by atoms with van der Waals surface area (Å²) >= 11 is 5.88. The summed E-state index contributed by atoms with van der Waals surface area (Å²) in [5.74, 6) is -0.0292. The number of pyridine rings is 1. The fourth-order valence-corrected chi connectivity index (χ4v) is 2.35. The van der Waals surface area contributed by atoms with Crippen molar-refractivity contribution in [3.05, 3.63) is 23.4 Å². The molecule has 1 aromatic heterocycles. The number of halogens is 1. The highest BCUT2D eigenvalue weighted by atomic mass is 35.5. The van der Waals surface area contributed by atoms with Crippen LogP contribution in [0.1, 0.15) is 19.3 Å². The van der Waals surface area contributed by atoms with Gasteiger partial charge in [0.05, 0.1) is 18.6 Å². The van der Waals surface area contributed by atoms with Gasteiger partial charge in [-0.15, -0.1) is 0 Å². The van der Waals surface area contributed by atoms with Crippen LogP contribution in [0.15, 0.2) is 18.3 Å². The van der Waals surface area contributed by atoms with Gasteiger partial charge in [0, 0.05) is 6.20 Å². The molecule has 1 heterocycles. The molecule has 104 valence electrons. The van der Waals surface area contributed by atoms with E-state index in [2.05, 4.69) is 10.3 Å². The minimum Gasteiger partial charge on any atom is -0.475 e. The van der Waals surface area contributed by atoms with Gasteiger partial charge < -0.3 is 15.2 Å². The minimum atomic E-state index is -0.508. The molecule has 1 fully saturated rings. The van der Waals surface area contributed by atoms with Crippen LogP contribution in [-0.4, -0.2) is 35.3 Å². The quantitative estimate of drug-likeness (QED) is 0.802. The standard InChI is InChI=1S/C13H17ClN2O3/c14-10-4-2-6-16-13(10)19-8-7-15-12(18)9-3-1-5-11(9)17/h2,4,6,9,11,17H,1,3,5,7-8H2,(H,15,18). The Labute approximate surface area is 116 Å². The number of hydrogen-bond donors (Lipinski definition) is 2. The molecular formula is C13H17ClN2O3. The fourth-order valence-electron chi connectivity index (χ4n) is 2.18. The van der Waals surface area contributed by atoms with Gasteiger partial charge >= 0.3 is 0 Å². The second kappa shape index (κ2) is 6.73. The third-order valence-corrected chi connectivity index (χ3v) is 3.47. The van der Waals surface area contributed by atoms with Gasteiger partial charge in [-0.2, -0.15) is 0 Å².